The molecule has 1 aliphatic rings. The minimum atomic E-state index is -0.0158. The summed E-state index contributed by atoms with van der Waals surface area (Å²) in [5.41, 5.74) is 2.33. The lowest BCUT2D eigenvalue weighted by Gasteiger charge is -2.11. The van der Waals surface area contributed by atoms with Crippen molar-refractivity contribution in [1.82, 2.24) is 5.32 Å². The maximum atomic E-state index is 12.2. The predicted molar refractivity (Wildman–Crippen MR) is 94.4 cm³/mol. The average molecular weight is 341 g/mol. The van der Waals surface area contributed by atoms with Crippen LogP contribution in [0.5, 0.6) is 11.5 Å². The van der Waals surface area contributed by atoms with E-state index in [0.717, 1.165) is 29.9 Å². The molecule has 0 bridgehead atoms. The number of rotatable bonds is 7. The standard InChI is InChI=1S/C20H24N2O3/c1-3-16(4-2)17-7-9-22(10-8-17)13-20(23)21-12-15-5-6-18-19(11-15)25-14-24-18/h5-11,16H,3-4,12-14H2,1-2H3/p+1. The van der Waals surface area contributed by atoms with E-state index in [-0.39, 0.29) is 12.7 Å². The van der Waals surface area contributed by atoms with E-state index < -0.39 is 0 Å². The second-order valence-corrected chi connectivity index (χ2v) is 6.28. The van der Waals surface area contributed by atoms with Crippen molar-refractivity contribution in [3.8, 4) is 11.5 Å². The molecular weight excluding hydrogens is 316 g/mol. The summed E-state index contributed by atoms with van der Waals surface area (Å²) in [6, 6.07) is 9.94. The maximum absolute atomic E-state index is 12.2. The summed E-state index contributed by atoms with van der Waals surface area (Å²) >= 11 is 0. The first-order valence-corrected chi connectivity index (χ1v) is 8.83. The van der Waals surface area contributed by atoms with Crippen LogP contribution in [0.15, 0.2) is 42.7 Å². The molecule has 0 saturated carbocycles. The van der Waals surface area contributed by atoms with Gasteiger partial charge in [-0.2, -0.15) is 4.57 Å². The number of hydrogen-bond donors (Lipinski definition) is 1. The first-order chi connectivity index (χ1) is 12.2. The highest BCUT2D eigenvalue weighted by atomic mass is 16.7. The molecule has 2 aromatic rings. The Hall–Kier alpha value is -2.56. The Labute approximate surface area is 148 Å². The van der Waals surface area contributed by atoms with Crippen molar-refractivity contribution in [3.63, 3.8) is 0 Å². The Morgan fingerprint density at radius 3 is 2.56 bits per heavy atom. The van der Waals surface area contributed by atoms with Gasteiger partial charge in [0.2, 0.25) is 13.3 Å². The van der Waals surface area contributed by atoms with Gasteiger partial charge in [0, 0.05) is 18.7 Å². The van der Waals surface area contributed by atoms with Crippen LogP contribution in [0.3, 0.4) is 0 Å². The van der Waals surface area contributed by atoms with E-state index in [0.29, 0.717) is 19.0 Å². The summed E-state index contributed by atoms with van der Waals surface area (Å²) in [5, 5.41) is 2.94. The van der Waals surface area contributed by atoms with Crippen LogP contribution in [-0.2, 0) is 17.9 Å². The fourth-order valence-corrected chi connectivity index (χ4v) is 3.08. The number of hydrogen-bond acceptors (Lipinski definition) is 3. The normalized spacial score (nSPS) is 12.4. The van der Waals surface area contributed by atoms with Crippen molar-refractivity contribution in [2.45, 2.75) is 45.7 Å². The summed E-state index contributed by atoms with van der Waals surface area (Å²) in [7, 11) is 0. The van der Waals surface area contributed by atoms with Gasteiger partial charge in [-0.25, -0.2) is 0 Å². The molecule has 0 spiro atoms. The second kappa shape index (κ2) is 8.01. The molecule has 1 aromatic heterocycles. The van der Waals surface area contributed by atoms with Crippen LogP contribution >= 0.6 is 0 Å². The molecule has 1 aromatic carbocycles. The summed E-state index contributed by atoms with van der Waals surface area (Å²) in [4.78, 5) is 12.2. The molecule has 25 heavy (non-hydrogen) atoms. The summed E-state index contributed by atoms with van der Waals surface area (Å²) in [6.45, 7) is 5.46. The highest BCUT2D eigenvalue weighted by Crippen LogP contribution is 2.32. The molecule has 3 rings (SSSR count). The number of amides is 1. The highest BCUT2D eigenvalue weighted by Gasteiger charge is 2.15. The Morgan fingerprint density at radius 2 is 1.84 bits per heavy atom. The molecule has 0 saturated heterocycles. The van der Waals surface area contributed by atoms with Crippen molar-refractivity contribution in [1.29, 1.82) is 0 Å². The topological polar surface area (TPSA) is 51.4 Å². The largest absolute Gasteiger partial charge is 0.454 e. The summed E-state index contributed by atoms with van der Waals surface area (Å²) in [6.07, 6.45) is 6.23. The molecule has 132 valence electrons. The molecular formula is C20H25N2O3+. The molecule has 0 atom stereocenters. The summed E-state index contributed by atoms with van der Waals surface area (Å²) in [5.74, 6) is 2.06. The zero-order valence-electron chi connectivity index (χ0n) is 14.8. The molecule has 1 aliphatic heterocycles. The van der Waals surface area contributed by atoms with Gasteiger partial charge in [-0.15, -0.1) is 0 Å². The van der Waals surface area contributed by atoms with Gasteiger partial charge in [0.15, 0.2) is 23.9 Å². The number of nitrogens with one attached hydrogen (secondary N) is 1. The van der Waals surface area contributed by atoms with E-state index in [1.807, 2.05) is 35.2 Å². The molecule has 2 heterocycles. The fourth-order valence-electron chi connectivity index (χ4n) is 3.08. The number of benzene rings is 1. The van der Waals surface area contributed by atoms with Gasteiger partial charge in [0.25, 0.3) is 5.91 Å². The third-order valence-corrected chi connectivity index (χ3v) is 4.63. The lowest BCUT2D eigenvalue weighted by atomic mass is 9.95. The van der Waals surface area contributed by atoms with Crippen LogP contribution in [0.1, 0.15) is 43.7 Å². The molecule has 0 fully saturated rings. The predicted octanol–water partition coefficient (Wildman–Crippen LogP) is 2.92. The molecule has 0 aliphatic carbocycles. The van der Waals surface area contributed by atoms with Crippen molar-refractivity contribution >= 4 is 5.91 Å². The Bertz CT molecular complexity index is 724. The van der Waals surface area contributed by atoms with E-state index in [1.165, 1.54) is 5.56 Å². The lowest BCUT2D eigenvalue weighted by Crippen LogP contribution is -2.42. The lowest BCUT2D eigenvalue weighted by molar-refractivity contribution is -0.684. The molecule has 0 unspecified atom stereocenters. The zero-order valence-corrected chi connectivity index (χ0v) is 14.8. The number of carbonyl (C=O) groups is 1. The van der Waals surface area contributed by atoms with Crippen LogP contribution in [0.25, 0.3) is 0 Å². The van der Waals surface area contributed by atoms with Crippen LogP contribution in [-0.4, -0.2) is 12.7 Å². The van der Waals surface area contributed by atoms with Crippen molar-refractivity contribution in [3.05, 3.63) is 53.9 Å². The first kappa shape index (κ1) is 17.3. The van der Waals surface area contributed by atoms with E-state index >= 15 is 0 Å². The van der Waals surface area contributed by atoms with Crippen LogP contribution in [0, 0.1) is 0 Å². The minimum Gasteiger partial charge on any atom is -0.454 e. The number of fused-ring (bicyclic) bond motifs is 1. The van der Waals surface area contributed by atoms with Gasteiger partial charge in [0.05, 0.1) is 0 Å². The second-order valence-electron chi connectivity index (χ2n) is 6.28. The molecule has 5 nitrogen and oxygen atoms in total. The number of ether oxygens (including phenoxy) is 2. The Kier molecular flexibility index (Phi) is 5.53. The maximum Gasteiger partial charge on any atom is 0.286 e. The fraction of sp³-hybridized carbons (Fsp3) is 0.400. The van der Waals surface area contributed by atoms with Gasteiger partial charge in [-0.05, 0) is 42.0 Å². The third kappa shape index (κ3) is 4.29. The molecule has 5 heteroatoms. The smallest absolute Gasteiger partial charge is 0.286 e. The number of nitrogens with zero attached hydrogens (tertiary/aromatic N) is 1. The molecule has 1 N–H and O–H groups in total. The Morgan fingerprint density at radius 1 is 1.12 bits per heavy atom. The van der Waals surface area contributed by atoms with Gasteiger partial charge < -0.3 is 14.8 Å². The average Bonchev–Trinajstić information content (AvgIpc) is 3.10. The van der Waals surface area contributed by atoms with Crippen molar-refractivity contribution in [2.24, 2.45) is 0 Å². The van der Waals surface area contributed by atoms with E-state index in [9.17, 15) is 4.79 Å². The van der Waals surface area contributed by atoms with Crippen molar-refractivity contribution < 1.29 is 18.8 Å². The van der Waals surface area contributed by atoms with Gasteiger partial charge in [-0.1, -0.05) is 19.9 Å². The van der Waals surface area contributed by atoms with Gasteiger partial charge >= 0.3 is 0 Å². The number of pyridine rings is 1. The van der Waals surface area contributed by atoms with Gasteiger partial charge in [0.1, 0.15) is 0 Å². The van der Waals surface area contributed by atoms with E-state index in [2.05, 4.69) is 31.3 Å². The minimum absolute atomic E-state index is 0.0158. The highest BCUT2D eigenvalue weighted by molar-refractivity contribution is 5.74. The molecule has 0 radical (unpaired) electrons. The van der Waals surface area contributed by atoms with Crippen LogP contribution in [0.4, 0.5) is 0 Å². The third-order valence-electron chi connectivity index (χ3n) is 4.63. The zero-order chi connectivity index (χ0) is 17.6. The van der Waals surface area contributed by atoms with Crippen LogP contribution < -0.4 is 19.4 Å². The SMILES string of the molecule is CCC(CC)c1cc[n+](CC(=O)NCc2ccc3c(c2)OCO3)cc1. The summed E-state index contributed by atoms with van der Waals surface area (Å²) < 4.78 is 12.5. The Balaban J connectivity index is 1.52. The van der Waals surface area contributed by atoms with Crippen molar-refractivity contribution in [2.75, 3.05) is 6.79 Å². The number of carbonyl (C=O) groups excluding carboxylic acids is 1. The monoisotopic (exact) mass is 341 g/mol. The van der Waals surface area contributed by atoms with E-state index in [1.54, 1.807) is 0 Å². The first-order valence-electron chi connectivity index (χ1n) is 8.83. The molecule has 1 amide bonds. The van der Waals surface area contributed by atoms with E-state index in [4.69, 9.17) is 9.47 Å². The van der Waals surface area contributed by atoms with Crippen LogP contribution in [0.2, 0.25) is 0 Å². The number of aromatic nitrogens is 1. The van der Waals surface area contributed by atoms with Gasteiger partial charge in [-0.3, -0.25) is 4.79 Å². The quantitative estimate of drug-likeness (QED) is 0.788.